The van der Waals surface area contributed by atoms with Gasteiger partial charge in [-0.2, -0.15) is 0 Å². The minimum Gasteiger partial charge on any atom is -0.399 e. The Morgan fingerprint density at radius 1 is 1.27 bits per heavy atom. The van der Waals surface area contributed by atoms with Gasteiger partial charge in [-0.1, -0.05) is 12.1 Å². The number of benzene rings is 1. The molecule has 2 aromatic rings. The Hall–Kier alpha value is -1.31. The number of hydrogen-bond donors (Lipinski definition) is 1. The van der Waals surface area contributed by atoms with Crippen molar-refractivity contribution >= 4 is 47.7 Å². The number of carbonyl (C=O) groups excluding carboxylic acids is 1. The van der Waals surface area contributed by atoms with E-state index in [0.29, 0.717) is 17.8 Å². The van der Waals surface area contributed by atoms with E-state index >= 15 is 0 Å². The number of carbonyl (C=O) groups is 1. The van der Waals surface area contributed by atoms with Crippen LogP contribution in [0.2, 0.25) is 0 Å². The second kappa shape index (κ2) is 10.7. The maximum absolute atomic E-state index is 12.7. The molecular formula is C18H25Cl2N3O2S. The fourth-order valence-electron chi connectivity index (χ4n) is 2.99. The molecule has 1 aliphatic rings. The Bertz CT molecular complexity index is 679. The topological polar surface area (TPSA) is 58.8 Å². The highest BCUT2D eigenvalue weighted by atomic mass is 35.5. The van der Waals surface area contributed by atoms with Gasteiger partial charge in [0, 0.05) is 42.8 Å². The molecule has 1 amide bonds. The van der Waals surface area contributed by atoms with Gasteiger partial charge in [0.25, 0.3) is 5.91 Å². The Labute approximate surface area is 170 Å². The van der Waals surface area contributed by atoms with Gasteiger partial charge in [-0.05, 0) is 29.6 Å². The molecule has 1 fully saturated rings. The van der Waals surface area contributed by atoms with Gasteiger partial charge in [0.1, 0.15) is 0 Å². The van der Waals surface area contributed by atoms with E-state index in [1.165, 1.54) is 4.88 Å². The molecule has 1 saturated heterocycles. The van der Waals surface area contributed by atoms with Gasteiger partial charge >= 0.3 is 0 Å². The van der Waals surface area contributed by atoms with E-state index in [1.54, 1.807) is 28.4 Å². The largest absolute Gasteiger partial charge is 0.399 e. The summed E-state index contributed by atoms with van der Waals surface area (Å²) in [7, 11) is 1.85. The number of anilines is 1. The van der Waals surface area contributed by atoms with Gasteiger partial charge in [-0.25, -0.2) is 0 Å². The Balaban J connectivity index is 0.00000169. The third kappa shape index (κ3) is 5.59. The van der Waals surface area contributed by atoms with Gasteiger partial charge in [-0.3, -0.25) is 9.69 Å². The van der Waals surface area contributed by atoms with Gasteiger partial charge < -0.3 is 15.4 Å². The molecule has 0 aliphatic carbocycles. The van der Waals surface area contributed by atoms with Crippen molar-refractivity contribution in [1.29, 1.82) is 0 Å². The van der Waals surface area contributed by atoms with Crippen molar-refractivity contribution in [2.75, 3.05) is 45.6 Å². The second-order valence-corrected chi connectivity index (χ2v) is 6.97. The molecule has 3 rings (SSSR count). The van der Waals surface area contributed by atoms with Crippen LogP contribution in [0.3, 0.4) is 0 Å². The number of nitrogens with two attached hydrogens (primary N) is 1. The molecular weight excluding hydrogens is 393 g/mol. The number of halogens is 2. The Morgan fingerprint density at radius 3 is 2.62 bits per heavy atom. The van der Waals surface area contributed by atoms with Crippen LogP contribution in [0.15, 0.2) is 41.8 Å². The summed E-state index contributed by atoms with van der Waals surface area (Å²) in [5.41, 5.74) is 7.04. The lowest BCUT2D eigenvalue weighted by atomic mass is 10.1. The molecule has 0 bridgehead atoms. The zero-order valence-corrected chi connectivity index (χ0v) is 17.1. The molecule has 1 atom stereocenters. The zero-order chi connectivity index (χ0) is 16.9. The van der Waals surface area contributed by atoms with Crippen molar-refractivity contribution in [3.05, 3.63) is 52.2 Å². The van der Waals surface area contributed by atoms with Crippen LogP contribution < -0.4 is 5.73 Å². The van der Waals surface area contributed by atoms with Crippen LogP contribution in [0, 0.1) is 0 Å². The molecule has 0 radical (unpaired) electrons. The lowest BCUT2D eigenvalue weighted by molar-refractivity contribution is 0.0104. The van der Waals surface area contributed by atoms with Crippen molar-refractivity contribution in [2.45, 2.75) is 6.04 Å². The molecule has 1 aromatic heterocycles. The standard InChI is InChI=1S/C18H23N3O2S.2ClH/c1-20(18(22)14-4-2-5-15(19)12-14)13-16(17-6-3-11-24-17)21-7-9-23-10-8-21;;/h2-6,11-12,16H,7-10,13,19H2,1H3;2*1H. The maximum atomic E-state index is 12.7. The molecule has 26 heavy (non-hydrogen) atoms. The van der Waals surface area contributed by atoms with E-state index in [0.717, 1.165) is 26.3 Å². The minimum absolute atomic E-state index is 0. The summed E-state index contributed by atoms with van der Waals surface area (Å²) in [6.07, 6.45) is 0. The summed E-state index contributed by atoms with van der Waals surface area (Å²) < 4.78 is 5.47. The molecule has 1 unspecified atom stereocenters. The first-order valence-corrected chi connectivity index (χ1v) is 8.99. The highest BCUT2D eigenvalue weighted by Gasteiger charge is 2.26. The highest BCUT2D eigenvalue weighted by Crippen LogP contribution is 2.27. The van der Waals surface area contributed by atoms with Crippen LogP contribution >= 0.6 is 36.2 Å². The number of ether oxygens (including phenoxy) is 1. The van der Waals surface area contributed by atoms with E-state index in [4.69, 9.17) is 10.5 Å². The van der Waals surface area contributed by atoms with Crippen LogP contribution in [-0.2, 0) is 4.74 Å². The lowest BCUT2D eigenvalue weighted by Crippen LogP contribution is -2.44. The van der Waals surface area contributed by atoms with Crippen molar-refractivity contribution in [2.24, 2.45) is 0 Å². The monoisotopic (exact) mass is 417 g/mol. The number of rotatable bonds is 5. The van der Waals surface area contributed by atoms with Crippen molar-refractivity contribution < 1.29 is 9.53 Å². The van der Waals surface area contributed by atoms with Crippen LogP contribution in [0.1, 0.15) is 21.3 Å². The molecule has 5 nitrogen and oxygen atoms in total. The number of likely N-dealkylation sites (N-methyl/N-ethyl adjacent to an activating group) is 1. The van der Waals surface area contributed by atoms with Crippen molar-refractivity contribution in [1.82, 2.24) is 9.80 Å². The average molecular weight is 418 g/mol. The second-order valence-electron chi connectivity index (χ2n) is 5.99. The fourth-order valence-corrected chi connectivity index (χ4v) is 3.84. The van der Waals surface area contributed by atoms with Gasteiger partial charge in [0.15, 0.2) is 0 Å². The SMILES string of the molecule is CN(CC(c1cccs1)N1CCOCC1)C(=O)c1cccc(N)c1.Cl.Cl. The fraction of sp³-hybridized carbons (Fsp3) is 0.389. The molecule has 144 valence electrons. The summed E-state index contributed by atoms with van der Waals surface area (Å²) in [6, 6.07) is 11.5. The van der Waals surface area contributed by atoms with Crippen LogP contribution in [-0.4, -0.2) is 55.6 Å². The molecule has 1 aliphatic heterocycles. The maximum Gasteiger partial charge on any atom is 0.253 e. The molecule has 8 heteroatoms. The smallest absolute Gasteiger partial charge is 0.253 e. The molecule has 2 N–H and O–H groups in total. The summed E-state index contributed by atoms with van der Waals surface area (Å²) in [4.78, 5) is 18.2. The van der Waals surface area contributed by atoms with E-state index in [2.05, 4.69) is 22.4 Å². The number of nitrogen functional groups attached to an aromatic ring is 1. The predicted molar refractivity (Wildman–Crippen MR) is 112 cm³/mol. The minimum atomic E-state index is -0.00267. The van der Waals surface area contributed by atoms with E-state index in [-0.39, 0.29) is 36.8 Å². The zero-order valence-electron chi connectivity index (χ0n) is 14.7. The number of morpholine rings is 1. The van der Waals surface area contributed by atoms with Crippen molar-refractivity contribution in [3.63, 3.8) is 0 Å². The first-order chi connectivity index (χ1) is 11.6. The number of amides is 1. The predicted octanol–water partition coefficient (Wildman–Crippen LogP) is 3.32. The summed E-state index contributed by atoms with van der Waals surface area (Å²) in [5, 5.41) is 2.09. The lowest BCUT2D eigenvalue weighted by Gasteiger charge is -2.36. The average Bonchev–Trinajstić information content (AvgIpc) is 3.14. The molecule has 0 saturated carbocycles. The molecule has 1 aromatic carbocycles. The molecule has 2 heterocycles. The van der Waals surface area contributed by atoms with Gasteiger partial charge in [0.2, 0.25) is 0 Å². The van der Waals surface area contributed by atoms with E-state index in [1.807, 2.05) is 19.2 Å². The number of hydrogen-bond acceptors (Lipinski definition) is 5. The first-order valence-electron chi connectivity index (χ1n) is 8.11. The Morgan fingerprint density at radius 2 is 2.00 bits per heavy atom. The van der Waals surface area contributed by atoms with Gasteiger partial charge in [-0.15, -0.1) is 36.2 Å². The quantitative estimate of drug-likeness (QED) is 0.757. The van der Waals surface area contributed by atoms with Crippen LogP contribution in [0.5, 0.6) is 0 Å². The summed E-state index contributed by atoms with van der Waals surface area (Å²) in [6.45, 7) is 3.92. The Kier molecular flexibility index (Phi) is 9.39. The first kappa shape index (κ1) is 22.7. The number of nitrogens with zero attached hydrogens (tertiary/aromatic N) is 2. The summed E-state index contributed by atoms with van der Waals surface area (Å²) >= 11 is 1.74. The highest BCUT2D eigenvalue weighted by molar-refractivity contribution is 7.10. The number of thiophene rings is 1. The van der Waals surface area contributed by atoms with E-state index in [9.17, 15) is 4.79 Å². The third-order valence-corrected chi connectivity index (χ3v) is 5.26. The third-order valence-electron chi connectivity index (χ3n) is 4.29. The molecule has 0 spiro atoms. The normalized spacial score (nSPS) is 15.4. The van der Waals surface area contributed by atoms with Gasteiger partial charge in [0.05, 0.1) is 19.3 Å². The van der Waals surface area contributed by atoms with Crippen LogP contribution in [0.25, 0.3) is 0 Å². The van der Waals surface area contributed by atoms with Crippen molar-refractivity contribution in [3.8, 4) is 0 Å². The van der Waals surface area contributed by atoms with Crippen LogP contribution in [0.4, 0.5) is 5.69 Å². The van der Waals surface area contributed by atoms with E-state index < -0.39 is 0 Å². The summed E-state index contributed by atoms with van der Waals surface area (Å²) in [5.74, 6) is -0.00267.